The van der Waals surface area contributed by atoms with Gasteiger partial charge >= 0.3 is 0 Å². The number of benzene rings is 1. The second-order valence-electron chi connectivity index (χ2n) is 7.60. The summed E-state index contributed by atoms with van der Waals surface area (Å²) in [6.07, 6.45) is 0.175. The Morgan fingerprint density at radius 1 is 1.19 bits per heavy atom. The summed E-state index contributed by atoms with van der Waals surface area (Å²) < 4.78 is 11.6. The first kappa shape index (κ1) is 20.1. The molecule has 0 bridgehead atoms. The maximum Gasteiger partial charge on any atom is 0.245 e. The second kappa shape index (κ2) is 8.92. The Kier molecular flexibility index (Phi) is 6.89. The van der Waals surface area contributed by atoms with E-state index in [4.69, 9.17) is 9.47 Å². The molecule has 0 fully saturated rings. The van der Waals surface area contributed by atoms with E-state index in [-0.39, 0.29) is 29.8 Å². The molecule has 0 aliphatic carbocycles. The highest BCUT2D eigenvalue weighted by atomic mass is 16.6. The number of fused-ring (bicyclic) bond motifs is 1. The van der Waals surface area contributed by atoms with Crippen LogP contribution in [0.4, 0.5) is 0 Å². The molecule has 2 unspecified atom stereocenters. The molecule has 0 spiro atoms. The standard InChI is InChI=1S/C20H30N2O4/c1-13(2)10-18(23)21-19(14(3)4)20(24)22(5)11-15-12-25-16-8-6-7-9-17(16)26-15/h6-9,13-15,19H,10-12H2,1-5H3,(H,21,23). The first-order valence-electron chi connectivity index (χ1n) is 9.20. The molecule has 1 aliphatic rings. The Hall–Kier alpha value is -2.24. The number of para-hydroxylation sites is 2. The summed E-state index contributed by atoms with van der Waals surface area (Å²) >= 11 is 0. The molecule has 2 amide bonds. The van der Waals surface area contributed by atoms with Crippen molar-refractivity contribution in [3.05, 3.63) is 24.3 Å². The maximum atomic E-state index is 12.8. The molecule has 0 radical (unpaired) electrons. The maximum absolute atomic E-state index is 12.8. The molecule has 6 heteroatoms. The summed E-state index contributed by atoms with van der Waals surface area (Å²) in [5.74, 6) is 1.47. The van der Waals surface area contributed by atoms with Crippen molar-refractivity contribution in [3.8, 4) is 11.5 Å². The van der Waals surface area contributed by atoms with Crippen LogP contribution in [-0.2, 0) is 9.59 Å². The molecule has 1 aromatic rings. The van der Waals surface area contributed by atoms with Crippen LogP contribution in [0.2, 0.25) is 0 Å². The molecule has 2 rings (SSSR count). The number of amides is 2. The number of rotatable bonds is 7. The molecule has 26 heavy (non-hydrogen) atoms. The van der Waals surface area contributed by atoms with E-state index in [1.165, 1.54) is 0 Å². The van der Waals surface area contributed by atoms with Crippen LogP contribution in [0, 0.1) is 11.8 Å². The summed E-state index contributed by atoms with van der Waals surface area (Å²) in [4.78, 5) is 26.5. The van der Waals surface area contributed by atoms with Crippen molar-refractivity contribution in [1.29, 1.82) is 0 Å². The number of hydrogen-bond donors (Lipinski definition) is 1. The zero-order valence-corrected chi connectivity index (χ0v) is 16.3. The average Bonchev–Trinajstić information content (AvgIpc) is 2.58. The zero-order valence-electron chi connectivity index (χ0n) is 16.3. The van der Waals surface area contributed by atoms with Crippen LogP contribution in [0.1, 0.15) is 34.1 Å². The van der Waals surface area contributed by atoms with E-state index in [0.717, 1.165) is 5.75 Å². The van der Waals surface area contributed by atoms with Crippen molar-refractivity contribution in [2.24, 2.45) is 11.8 Å². The summed E-state index contributed by atoms with van der Waals surface area (Å²) in [6.45, 7) is 8.62. The monoisotopic (exact) mass is 362 g/mol. The van der Waals surface area contributed by atoms with Gasteiger partial charge in [-0.05, 0) is 24.0 Å². The van der Waals surface area contributed by atoms with E-state index >= 15 is 0 Å². The second-order valence-corrected chi connectivity index (χ2v) is 7.60. The smallest absolute Gasteiger partial charge is 0.245 e. The summed E-state index contributed by atoms with van der Waals surface area (Å²) in [5.41, 5.74) is 0. The van der Waals surface area contributed by atoms with Crippen LogP contribution in [0.3, 0.4) is 0 Å². The van der Waals surface area contributed by atoms with Gasteiger partial charge in [-0.3, -0.25) is 9.59 Å². The van der Waals surface area contributed by atoms with Gasteiger partial charge in [0.2, 0.25) is 11.8 Å². The SMILES string of the molecule is CC(C)CC(=O)NC(C(=O)N(C)CC1COc2ccccc2O1)C(C)C. The minimum Gasteiger partial charge on any atom is -0.486 e. The number of likely N-dealkylation sites (N-methyl/N-ethyl adjacent to an activating group) is 1. The predicted octanol–water partition coefficient (Wildman–Crippen LogP) is 2.47. The van der Waals surface area contributed by atoms with Crippen LogP contribution in [0.5, 0.6) is 11.5 Å². The number of carbonyl (C=O) groups is 2. The lowest BCUT2D eigenvalue weighted by Crippen LogP contribution is -2.52. The van der Waals surface area contributed by atoms with E-state index in [2.05, 4.69) is 5.32 Å². The van der Waals surface area contributed by atoms with Crippen molar-refractivity contribution in [2.75, 3.05) is 20.2 Å². The third-order valence-corrected chi connectivity index (χ3v) is 4.26. The topological polar surface area (TPSA) is 67.9 Å². The fourth-order valence-electron chi connectivity index (χ4n) is 2.90. The average molecular weight is 362 g/mol. The fourth-order valence-corrected chi connectivity index (χ4v) is 2.90. The van der Waals surface area contributed by atoms with Crippen LogP contribution in [0.25, 0.3) is 0 Å². The quantitative estimate of drug-likeness (QED) is 0.809. The lowest BCUT2D eigenvalue weighted by molar-refractivity contribution is -0.138. The molecule has 1 N–H and O–H groups in total. The van der Waals surface area contributed by atoms with Gasteiger partial charge in [-0.15, -0.1) is 0 Å². The predicted molar refractivity (Wildman–Crippen MR) is 100 cm³/mol. The molecule has 0 aromatic heterocycles. The van der Waals surface area contributed by atoms with Gasteiger partial charge in [-0.2, -0.15) is 0 Å². The first-order valence-corrected chi connectivity index (χ1v) is 9.20. The van der Waals surface area contributed by atoms with Gasteiger partial charge in [-0.1, -0.05) is 39.8 Å². The van der Waals surface area contributed by atoms with Crippen molar-refractivity contribution in [2.45, 2.75) is 46.3 Å². The minimum absolute atomic E-state index is 0.00492. The number of nitrogens with one attached hydrogen (secondary N) is 1. The van der Waals surface area contributed by atoms with Crippen LogP contribution >= 0.6 is 0 Å². The Bertz CT molecular complexity index is 630. The highest BCUT2D eigenvalue weighted by molar-refractivity contribution is 5.87. The first-order chi connectivity index (χ1) is 12.3. The molecule has 1 heterocycles. The highest BCUT2D eigenvalue weighted by Gasteiger charge is 2.30. The highest BCUT2D eigenvalue weighted by Crippen LogP contribution is 2.31. The van der Waals surface area contributed by atoms with Gasteiger partial charge in [0.25, 0.3) is 0 Å². The van der Waals surface area contributed by atoms with Gasteiger partial charge in [-0.25, -0.2) is 0 Å². The third-order valence-electron chi connectivity index (χ3n) is 4.26. The van der Waals surface area contributed by atoms with E-state index in [1.807, 2.05) is 52.0 Å². The van der Waals surface area contributed by atoms with E-state index in [9.17, 15) is 9.59 Å². The van der Waals surface area contributed by atoms with E-state index in [1.54, 1.807) is 11.9 Å². The Morgan fingerprint density at radius 3 is 2.46 bits per heavy atom. The number of ether oxygens (including phenoxy) is 2. The van der Waals surface area contributed by atoms with Crippen molar-refractivity contribution in [1.82, 2.24) is 10.2 Å². The lowest BCUT2D eigenvalue weighted by Gasteiger charge is -2.32. The lowest BCUT2D eigenvalue weighted by atomic mass is 10.0. The molecular weight excluding hydrogens is 332 g/mol. The largest absolute Gasteiger partial charge is 0.486 e. The fraction of sp³-hybridized carbons (Fsp3) is 0.600. The molecule has 1 aromatic carbocycles. The Labute approximate surface area is 155 Å². The van der Waals surface area contributed by atoms with Gasteiger partial charge in [0.1, 0.15) is 12.6 Å². The number of hydrogen-bond acceptors (Lipinski definition) is 4. The summed E-state index contributed by atoms with van der Waals surface area (Å²) in [6, 6.07) is 6.96. The van der Waals surface area contributed by atoms with Crippen LogP contribution in [-0.4, -0.2) is 49.1 Å². The van der Waals surface area contributed by atoms with Gasteiger partial charge in [0.15, 0.2) is 17.6 Å². The van der Waals surface area contributed by atoms with Gasteiger partial charge in [0, 0.05) is 13.5 Å². The zero-order chi connectivity index (χ0) is 19.3. The molecule has 0 saturated heterocycles. The van der Waals surface area contributed by atoms with Crippen LogP contribution < -0.4 is 14.8 Å². The van der Waals surface area contributed by atoms with Crippen molar-refractivity contribution < 1.29 is 19.1 Å². The van der Waals surface area contributed by atoms with Gasteiger partial charge < -0.3 is 19.7 Å². The molecule has 144 valence electrons. The molecule has 2 atom stereocenters. The third kappa shape index (κ3) is 5.38. The molecule has 6 nitrogen and oxygen atoms in total. The molecular formula is C20H30N2O4. The van der Waals surface area contributed by atoms with Gasteiger partial charge in [0.05, 0.1) is 6.54 Å². The minimum atomic E-state index is -0.539. The summed E-state index contributed by atoms with van der Waals surface area (Å²) in [5, 5.41) is 2.88. The summed E-state index contributed by atoms with van der Waals surface area (Å²) in [7, 11) is 1.73. The normalized spacial score (nSPS) is 17.1. The molecule has 1 aliphatic heterocycles. The van der Waals surface area contributed by atoms with E-state index < -0.39 is 6.04 Å². The van der Waals surface area contributed by atoms with Crippen molar-refractivity contribution in [3.63, 3.8) is 0 Å². The molecule has 0 saturated carbocycles. The number of carbonyl (C=O) groups excluding carboxylic acids is 2. The van der Waals surface area contributed by atoms with E-state index in [0.29, 0.717) is 25.3 Å². The van der Waals surface area contributed by atoms with Crippen LogP contribution in [0.15, 0.2) is 24.3 Å². The Morgan fingerprint density at radius 2 is 1.85 bits per heavy atom. The number of nitrogens with zero attached hydrogens (tertiary/aromatic N) is 1. The Balaban J connectivity index is 1.95. The van der Waals surface area contributed by atoms with Crippen molar-refractivity contribution >= 4 is 11.8 Å².